The summed E-state index contributed by atoms with van der Waals surface area (Å²) in [5, 5.41) is 11.0. The quantitative estimate of drug-likeness (QED) is 0.651. The lowest BCUT2D eigenvalue weighted by Gasteiger charge is -2.33. The third-order valence-electron chi connectivity index (χ3n) is 4.56. The van der Waals surface area contributed by atoms with Crippen LogP contribution in [-0.4, -0.2) is 17.2 Å². The third kappa shape index (κ3) is 4.86. The molecule has 3 heteroatoms. The zero-order valence-electron chi connectivity index (χ0n) is 14.8. The zero-order valence-corrected chi connectivity index (χ0v) is 14.8. The maximum atomic E-state index is 12.7. The molecule has 1 aliphatic rings. The van der Waals surface area contributed by atoms with E-state index in [-0.39, 0.29) is 5.78 Å². The minimum atomic E-state index is -0.848. The average Bonchev–Trinajstić information content (AvgIpc) is 2.69. The molecule has 0 bridgehead atoms. The molecular formula is C22H26O3. The van der Waals surface area contributed by atoms with Gasteiger partial charge in [-0.1, -0.05) is 80.8 Å². The zero-order chi connectivity index (χ0) is 18.1. The van der Waals surface area contributed by atoms with E-state index in [1.54, 1.807) is 0 Å². The molecule has 1 saturated carbocycles. The number of aliphatic hydroxyl groups is 1. The standard InChI is InChI=1S/C19H20O2.C3H6O/c20-18(15-9-3-1-4-10-15)16-11-5-6-12-17(16)19(21)13-7-2-8-14-19;1-2-3-4/h1,3-6,9-12,21H,2,7-8,13-14H2;3H,2H2,1H3. The predicted molar refractivity (Wildman–Crippen MR) is 99.7 cm³/mol. The molecule has 0 heterocycles. The van der Waals surface area contributed by atoms with Gasteiger partial charge in [-0.05, 0) is 18.4 Å². The largest absolute Gasteiger partial charge is 0.385 e. The molecule has 1 fully saturated rings. The highest BCUT2D eigenvalue weighted by Crippen LogP contribution is 2.38. The molecule has 0 saturated heterocycles. The molecule has 1 aliphatic carbocycles. The van der Waals surface area contributed by atoms with E-state index in [1.165, 1.54) is 0 Å². The smallest absolute Gasteiger partial charge is 0.193 e. The van der Waals surface area contributed by atoms with Gasteiger partial charge in [-0.2, -0.15) is 0 Å². The summed E-state index contributed by atoms with van der Waals surface area (Å²) >= 11 is 0. The van der Waals surface area contributed by atoms with E-state index in [0.717, 1.165) is 44.0 Å². The summed E-state index contributed by atoms with van der Waals surface area (Å²) in [5.74, 6) is -0.00908. The molecule has 2 aromatic rings. The molecule has 0 aliphatic heterocycles. The van der Waals surface area contributed by atoms with E-state index < -0.39 is 5.60 Å². The Morgan fingerprint density at radius 2 is 1.56 bits per heavy atom. The van der Waals surface area contributed by atoms with Crippen molar-refractivity contribution in [2.24, 2.45) is 0 Å². The average molecular weight is 338 g/mol. The highest BCUT2D eigenvalue weighted by Gasteiger charge is 2.34. The van der Waals surface area contributed by atoms with Crippen LogP contribution in [0.3, 0.4) is 0 Å². The lowest BCUT2D eigenvalue weighted by atomic mass is 9.77. The molecule has 0 atom stereocenters. The van der Waals surface area contributed by atoms with Crippen molar-refractivity contribution in [3.05, 3.63) is 71.3 Å². The second kappa shape index (κ2) is 9.28. The van der Waals surface area contributed by atoms with Crippen molar-refractivity contribution in [2.75, 3.05) is 0 Å². The van der Waals surface area contributed by atoms with E-state index in [4.69, 9.17) is 0 Å². The van der Waals surface area contributed by atoms with Crippen LogP contribution in [0.25, 0.3) is 0 Å². The summed E-state index contributed by atoms with van der Waals surface area (Å²) in [6, 6.07) is 16.8. The van der Waals surface area contributed by atoms with E-state index in [2.05, 4.69) is 0 Å². The number of rotatable bonds is 4. The van der Waals surface area contributed by atoms with Crippen LogP contribution in [0.4, 0.5) is 0 Å². The van der Waals surface area contributed by atoms with Crippen LogP contribution < -0.4 is 0 Å². The van der Waals surface area contributed by atoms with Crippen LogP contribution in [0, 0.1) is 0 Å². The molecule has 0 unspecified atom stereocenters. The summed E-state index contributed by atoms with van der Waals surface area (Å²) in [6.07, 6.45) is 6.20. The lowest BCUT2D eigenvalue weighted by molar-refractivity contribution is -0.107. The summed E-state index contributed by atoms with van der Waals surface area (Å²) in [7, 11) is 0. The van der Waals surface area contributed by atoms with Gasteiger partial charge in [0, 0.05) is 17.5 Å². The van der Waals surface area contributed by atoms with Crippen molar-refractivity contribution in [3.63, 3.8) is 0 Å². The van der Waals surface area contributed by atoms with Gasteiger partial charge in [0.15, 0.2) is 5.78 Å². The van der Waals surface area contributed by atoms with Crippen molar-refractivity contribution < 1.29 is 14.7 Å². The molecular weight excluding hydrogens is 312 g/mol. The summed E-state index contributed by atoms with van der Waals surface area (Å²) in [5.41, 5.74) is 1.25. The van der Waals surface area contributed by atoms with Gasteiger partial charge in [0.1, 0.15) is 6.29 Å². The number of carbonyl (C=O) groups is 2. The SMILES string of the molecule is CCC=O.O=C(c1ccccc1)c1ccccc1C1(O)CCCCC1. The number of hydrogen-bond acceptors (Lipinski definition) is 3. The number of benzene rings is 2. The van der Waals surface area contributed by atoms with Gasteiger partial charge in [0.05, 0.1) is 5.60 Å². The number of ketones is 1. The molecule has 1 N–H and O–H groups in total. The van der Waals surface area contributed by atoms with Gasteiger partial charge in [-0.3, -0.25) is 4.79 Å². The Labute approximate surface area is 149 Å². The predicted octanol–water partition coefficient (Wildman–Crippen LogP) is 4.66. The Morgan fingerprint density at radius 3 is 2.16 bits per heavy atom. The van der Waals surface area contributed by atoms with Gasteiger partial charge in [0.2, 0.25) is 0 Å². The number of carbonyl (C=O) groups excluding carboxylic acids is 2. The lowest BCUT2D eigenvalue weighted by Crippen LogP contribution is -2.30. The Balaban J connectivity index is 0.000000511. The highest BCUT2D eigenvalue weighted by atomic mass is 16.3. The Hall–Kier alpha value is -2.26. The van der Waals surface area contributed by atoms with Crippen LogP contribution >= 0.6 is 0 Å². The first-order chi connectivity index (χ1) is 12.1. The Kier molecular flexibility index (Phi) is 7.08. The van der Waals surface area contributed by atoms with Crippen LogP contribution in [-0.2, 0) is 10.4 Å². The van der Waals surface area contributed by atoms with Gasteiger partial charge in [0.25, 0.3) is 0 Å². The van der Waals surface area contributed by atoms with Crippen molar-refractivity contribution >= 4 is 12.1 Å². The first-order valence-electron chi connectivity index (χ1n) is 8.97. The van der Waals surface area contributed by atoms with Crippen LogP contribution in [0.2, 0.25) is 0 Å². The van der Waals surface area contributed by atoms with Crippen LogP contribution in [0.15, 0.2) is 54.6 Å². The molecule has 132 valence electrons. The molecule has 3 rings (SSSR count). The second-order valence-corrected chi connectivity index (χ2v) is 6.41. The maximum absolute atomic E-state index is 12.7. The van der Waals surface area contributed by atoms with Crippen LogP contribution in [0.5, 0.6) is 0 Å². The normalized spacial score (nSPS) is 15.6. The van der Waals surface area contributed by atoms with Crippen molar-refractivity contribution in [3.8, 4) is 0 Å². The van der Waals surface area contributed by atoms with Gasteiger partial charge in [-0.25, -0.2) is 0 Å². The number of aldehydes is 1. The van der Waals surface area contributed by atoms with Gasteiger partial charge < -0.3 is 9.90 Å². The van der Waals surface area contributed by atoms with E-state index in [0.29, 0.717) is 17.5 Å². The number of hydrogen-bond donors (Lipinski definition) is 1. The molecule has 2 aromatic carbocycles. The van der Waals surface area contributed by atoms with E-state index in [9.17, 15) is 14.7 Å². The van der Waals surface area contributed by atoms with E-state index >= 15 is 0 Å². The molecule has 0 amide bonds. The first-order valence-corrected chi connectivity index (χ1v) is 8.97. The fourth-order valence-electron chi connectivity index (χ4n) is 3.24. The molecule has 0 spiro atoms. The minimum Gasteiger partial charge on any atom is -0.385 e. The highest BCUT2D eigenvalue weighted by molar-refractivity contribution is 6.10. The Morgan fingerprint density at radius 1 is 1.00 bits per heavy atom. The van der Waals surface area contributed by atoms with E-state index in [1.807, 2.05) is 61.5 Å². The fourth-order valence-corrected chi connectivity index (χ4v) is 3.24. The molecule has 25 heavy (non-hydrogen) atoms. The fraction of sp³-hybridized carbons (Fsp3) is 0.364. The summed E-state index contributed by atoms with van der Waals surface area (Å²) < 4.78 is 0. The summed E-state index contributed by atoms with van der Waals surface area (Å²) in [4.78, 5) is 21.9. The van der Waals surface area contributed by atoms with Crippen molar-refractivity contribution in [1.29, 1.82) is 0 Å². The molecule has 0 radical (unpaired) electrons. The third-order valence-corrected chi connectivity index (χ3v) is 4.56. The molecule has 0 aromatic heterocycles. The topological polar surface area (TPSA) is 54.4 Å². The van der Waals surface area contributed by atoms with Crippen molar-refractivity contribution in [1.82, 2.24) is 0 Å². The van der Waals surface area contributed by atoms with Gasteiger partial charge >= 0.3 is 0 Å². The van der Waals surface area contributed by atoms with Crippen LogP contribution in [0.1, 0.15) is 66.9 Å². The first kappa shape index (κ1) is 19.1. The maximum Gasteiger partial charge on any atom is 0.193 e. The molecule has 3 nitrogen and oxygen atoms in total. The summed E-state index contributed by atoms with van der Waals surface area (Å²) in [6.45, 7) is 1.81. The Bertz CT molecular complexity index is 685. The second-order valence-electron chi connectivity index (χ2n) is 6.41. The van der Waals surface area contributed by atoms with Crippen molar-refractivity contribution in [2.45, 2.75) is 51.0 Å². The monoisotopic (exact) mass is 338 g/mol. The minimum absolute atomic E-state index is 0.00908. The van der Waals surface area contributed by atoms with Gasteiger partial charge in [-0.15, -0.1) is 0 Å².